The minimum Gasteiger partial charge on any atom is -0.489 e. The van der Waals surface area contributed by atoms with E-state index in [4.69, 9.17) is 21.1 Å². The number of carbonyl (C=O) groups is 3. The molecule has 42 heavy (non-hydrogen) atoms. The number of ether oxygens (including phenoxy) is 2. The average molecular weight is 584 g/mol. The molecular weight excluding hydrogens is 554 g/mol. The van der Waals surface area contributed by atoms with Crippen LogP contribution in [0.4, 0.5) is 10.5 Å². The standard InChI is InChI=1S/C33H30ClN3O5/c1-22-19-25(23(2)36(22)28-13-15-29(16-14-28)42-21-24-9-11-26(34)12-10-24)20-30-31(38)35(17-18-41-3)33(40)37(32(30)39)27-7-5-4-6-8-27/h4-16,19-20H,17-18,21H2,1-3H3/b30-20-. The maximum atomic E-state index is 13.6. The summed E-state index contributed by atoms with van der Waals surface area (Å²) in [6.45, 7) is 4.46. The number of aryl methyl sites for hydroxylation is 1. The third-order valence-corrected chi connectivity index (χ3v) is 7.30. The molecule has 214 valence electrons. The van der Waals surface area contributed by atoms with Crippen LogP contribution in [0.2, 0.25) is 5.02 Å². The largest absolute Gasteiger partial charge is 0.489 e. The summed E-state index contributed by atoms with van der Waals surface area (Å²) in [7, 11) is 1.49. The summed E-state index contributed by atoms with van der Waals surface area (Å²) in [6, 6.07) is 25.0. The van der Waals surface area contributed by atoms with Crippen molar-refractivity contribution in [2.24, 2.45) is 0 Å². The van der Waals surface area contributed by atoms with Gasteiger partial charge in [-0.3, -0.25) is 14.5 Å². The number of halogens is 1. The predicted octanol–water partition coefficient (Wildman–Crippen LogP) is 6.35. The Morgan fingerprint density at radius 2 is 1.52 bits per heavy atom. The van der Waals surface area contributed by atoms with E-state index in [2.05, 4.69) is 0 Å². The third-order valence-electron chi connectivity index (χ3n) is 7.05. The van der Waals surface area contributed by atoms with Gasteiger partial charge in [0.15, 0.2) is 0 Å². The Hall–Kier alpha value is -4.66. The number of barbiturate groups is 1. The van der Waals surface area contributed by atoms with Crippen LogP contribution in [0.25, 0.3) is 11.8 Å². The number of benzene rings is 3. The van der Waals surface area contributed by atoms with Crippen LogP contribution in [0.5, 0.6) is 5.75 Å². The van der Waals surface area contributed by atoms with Crippen molar-refractivity contribution >= 4 is 41.2 Å². The number of hydrogen-bond acceptors (Lipinski definition) is 5. The fourth-order valence-corrected chi connectivity index (χ4v) is 5.01. The molecule has 0 aliphatic carbocycles. The van der Waals surface area contributed by atoms with E-state index in [1.807, 2.05) is 73.0 Å². The van der Waals surface area contributed by atoms with Crippen LogP contribution in [-0.4, -0.2) is 47.6 Å². The first-order valence-corrected chi connectivity index (χ1v) is 13.8. The van der Waals surface area contributed by atoms with Gasteiger partial charge in [-0.2, -0.15) is 0 Å². The fourth-order valence-electron chi connectivity index (χ4n) is 4.89. The lowest BCUT2D eigenvalue weighted by atomic mass is 10.1. The highest BCUT2D eigenvalue weighted by Crippen LogP contribution is 2.29. The van der Waals surface area contributed by atoms with Crippen LogP contribution < -0.4 is 9.64 Å². The molecule has 0 spiro atoms. The Morgan fingerprint density at radius 1 is 0.833 bits per heavy atom. The molecule has 0 saturated carbocycles. The number of nitrogens with zero attached hydrogens (tertiary/aromatic N) is 3. The monoisotopic (exact) mass is 583 g/mol. The molecule has 2 heterocycles. The molecule has 4 amide bonds. The molecule has 1 saturated heterocycles. The maximum absolute atomic E-state index is 13.6. The van der Waals surface area contributed by atoms with Gasteiger partial charge >= 0.3 is 6.03 Å². The topological polar surface area (TPSA) is 81.1 Å². The van der Waals surface area contributed by atoms with E-state index in [0.717, 1.165) is 38.2 Å². The van der Waals surface area contributed by atoms with E-state index in [9.17, 15) is 14.4 Å². The Morgan fingerprint density at radius 3 is 2.19 bits per heavy atom. The fraction of sp³-hybridized carbons (Fsp3) is 0.182. The number of rotatable bonds is 9. The van der Waals surface area contributed by atoms with Crippen molar-refractivity contribution in [1.82, 2.24) is 9.47 Å². The Bertz CT molecular complexity index is 1640. The van der Waals surface area contributed by atoms with Crippen LogP contribution in [0.1, 0.15) is 22.5 Å². The van der Waals surface area contributed by atoms with E-state index in [1.165, 1.54) is 7.11 Å². The van der Waals surface area contributed by atoms with Crippen molar-refractivity contribution in [3.05, 3.63) is 118 Å². The smallest absolute Gasteiger partial charge is 0.338 e. The first kappa shape index (κ1) is 28.9. The lowest BCUT2D eigenvalue weighted by Crippen LogP contribution is -2.57. The summed E-state index contributed by atoms with van der Waals surface area (Å²) in [5.41, 5.74) is 4.65. The highest BCUT2D eigenvalue weighted by Gasteiger charge is 2.42. The van der Waals surface area contributed by atoms with E-state index >= 15 is 0 Å². The molecule has 0 atom stereocenters. The summed E-state index contributed by atoms with van der Waals surface area (Å²) in [4.78, 5) is 42.3. The molecule has 1 fully saturated rings. The molecule has 0 unspecified atom stereocenters. The Labute approximate surface area is 249 Å². The highest BCUT2D eigenvalue weighted by atomic mass is 35.5. The van der Waals surface area contributed by atoms with Gasteiger partial charge in [0.1, 0.15) is 17.9 Å². The molecule has 5 rings (SSSR count). The number of amides is 4. The average Bonchev–Trinajstić information content (AvgIpc) is 3.28. The van der Waals surface area contributed by atoms with E-state index in [0.29, 0.717) is 22.9 Å². The van der Waals surface area contributed by atoms with Gasteiger partial charge < -0.3 is 14.0 Å². The number of urea groups is 1. The first-order valence-electron chi connectivity index (χ1n) is 13.4. The summed E-state index contributed by atoms with van der Waals surface area (Å²) in [6.07, 6.45) is 1.56. The van der Waals surface area contributed by atoms with E-state index < -0.39 is 17.8 Å². The quantitative estimate of drug-likeness (QED) is 0.169. The molecule has 0 N–H and O–H groups in total. The number of hydrogen-bond donors (Lipinski definition) is 0. The van der Waals surface area contributed by atoms with Gasteiger partial charge in [0.25, 0.3) is 11.8 Å². The zero-order chi connectivity index (χ0) is 29.8. The van der Waals surface area contributed by atoms with E-state index in [-0.39, 0.29) is 18.7 Å². The van der Waals surface area contributed by atoms with Gasteiger partial charge in [0, 0.05) is 29.2 Å². The predicted molar refractivity (Wildman–Crippen MR) is 162 cm³/mol. The second-order valence-corrected chi connectivity index (χ2v) is 10.3. The molecule has 1 aromatic heterocycles. The molecule has 4 aromatic rings. The summed E-state index contributed by atoms with van der Waals surface area (Å²) in [5.74, 6) is -0.600. The second kappa shape index (κ2) is 12.5. The summed E-state index contributed by atoms with van der Waals surface area (Å²) < 4.78 is 13.1. The molecule has 3 aromatic carbocycles. The van der Waals surface area contributed by atoms with Crippen molar-refractivity contribution in [3.8, 4) is 11.4 Å². The van der Waals surface area contributed by atoms with Crippen molar-refractivity contribution in [2.45, 2.75) is 20.5 Å². The molecule has 0 bridgehead atoms. The third kappa shape index (κ3) is 5.86. The van der Waals surface area contributed by atoms with Gasteiger partial charge in [-0.25, -0.2) is 9.69 Å². The highest BCUT2D eigenvalue weighted by molar-refractivity contribution is 6.39. The molecule has 1 aliphatic rings. The van der Waals surface area contributed by atoms with Crippen molar-refractivity contribution in [2.75, 3.05) is 25.2 Å². The zero-order valence-electron chi connectivity index (χ0n) is 23.5. The lowest BCUT2D eigenvalue weighted by Gasteiger charge is -2.33. The molecule has 1 aliphatic heterocycles. The van der Waals surface area contributed by atoms with Crippen LogP contribution in [-0.2, 0) is 20.9 Å². The Balaban J connectivity index is 1.43. The molecule has 9 heteroatoms. The normalized spacial score (nSPS) is 14.7. The maximum Gasteiger partial charge on any atom is 0.338 e. The Kier molecular flexibility index (Phi) is 8.56. The van der Waals surface area contributed by atoms with Crippen LogP contribution in [0.15, 0.2) is 90.5 Å². The molecule has 0 radical (unpaired) electrons. The number of aromatic nitrogens is 1. The van der Waals surface area contributed by atoms with Crippen molar-refractivity contribution in [3.63, 3.8) is 0 Å². The van der Waals surface area contributed by atoms with Gasteiger partial charge in [-0.15, -0.1) is 0 Å². The summed E-state index contributed by atoms with van der Waals surface area (Å²) >= 11 is 5.96. The molecule has 8 nitrogen and oxygen atoms in total. The van der Waals surface area contributed by atoms with Crippen molar-refractivity contribution in [1.29, 1.82) is 0 Å². The zero-order valence-corrected chi connectivity index (χ0v) is 24.3. The number of anilines is 1. The van der Waals surface area contributed by atoms with Crippen LogP contribution in [0, 0.1) is 13.8 Å². The first-order chi connectivity index (χ1) is 20.3. The summed E-state index contributed by atoms with van der Waals surface area (Å²) in [5, 5.41) is 0.679. The van der Waals surface area contributed by atoms with Crippen molar-refractivity contribution < 1.29 is 23.9 Å². The van der Waals surface area contributed by atoms with Gasteiger partial charge in [0.2, 0.25) is 0 Å². The minimum atomic E-state index is -0.700. The number of imide groups is 2. The SMILES string of the molecule is COCCN1C(=O)/C(=C/c2cc(C)n(-c3ccc(OCc4ccc(Cl)cc4)cc3)c2C)C(=O)N(c2ccccc2)C1=O. The molecular formula is C33H30ClN3O5. The minimum absolute atomic E-state index is 0.0214. The van der Waals surface area contributed by atoms with Gasteiger partial charge in [-0.05, 0) is 85.6 Å². The van der Waals surface area contributed by atoms with Crippen LogP contribution >= 0.6 is 11.6 Å². The van der Waals surface area contributed by atoms with Gasteiger partial charge in [0.05, 0.1) is 18.8 Å². The number of methoxy groups -OCH3 is 1. The second-order valence-electron chi connectivity index (χ2n) is 9.84. The number of para-hydroxylation sites is 1. The number of carbonyl (C=O) groups excluding carboxylic acids is 3. The lowest BCUT2D eigenvalue weighted by molar-refractivity contribution is -0.129. The van der Waals surface area contributed by atoms with E-state index in [1.54, 1.807) is 36.4 Å². The van der Waals surface area contributed by atoms with Crippen LogP contribution in [0.3, 0.4) is 0 Å². The van der Waals surface area contributed by atoms with Gasteiger partial charge in [-0.1, -0.05) is 41.9 Å².